The van der Waals surface area contributed by atoms with Gasteiger partial charge in [0.2, 0.25) is 5.91 Å². The number of amides is 1. The molecule has 0 spiro atoms. The van der Waals surface area contributed by atoms with Crippen LogP contribution in [0.15, 0.2) is 18.3 Å². The number of hydrogen-bond donors (Lipinski definition) is 2. The Kier molecular flexibility index (Phi) is 3.02. The molecule has 0 aliphatic heterocycles. The van der Waals surface area contributed by atoms with Crippen LogP contribution in [-0.2, 0) is 9.59 Å². The number of aromatic nitrogens is 1. The van der Waals surface area contributed by atoms with E-state index in [9.17, 15) is 9.59 Å². The number of carbonyl (C=O) groups excluding carboxylic acids is 1. The van der Waals surface area contributed by atoms with E-state index in [0.29, 0.717) is 10.8 Å². The van der Waals surface area contributed by atoms with E-state index in [-0.39, 0.29) is 5.91 Å². The van der Waals surface area contributed by atoms with Crippen LogP contribution in [0.2, 0.25) is 5.02 Å². The molecule has 1 saturated carbocycles. The highest BCUT2D eigenvalue weighted by Gasteiger charge is 2.65. The molecule has 1 amide bonds. The summed E-state index contributed by atoms with van der Waals surface area (Å²) in [7, 11) is 0. The third-order valence-electron chi connectivity index (χ3n) is 3.35. The molecule has 1 aromatic rings. The monoisotopic (exact) mass is 268 g/mol. The zero-order chi connectivity index (χ0) is 13.5. The number of hydrogen-bond acceptors (Lipinski definition) is 3. The number of nitrogens with one attached hydrogen (secondary N) is 1. The molecule has 1 aromatic heterocycles. The van der Waals surface area contributed by atoms with Crippen LogP contribution in [-0.4, -0.2) is 22.0 Å². The SMILES string of the molecule is CC1(C)[C@@H](C(=O)O)[C@@H]1C(=O)Nc1cc(Cl)ccn1. The first-order valence-electron chi connectivity index (χ1n) is 5.49. The van der Waals surface area contributed by atoms with E-state index in [0.717, 1.165) is 0 Å². The van der Waals surface area contributed by atoms with E-state index in [1.165, 1.54) is 12.3 Å². The lowest BCUT2D eigenvalue weighted by Crippen LogP contribution is -2.18. The van der Waals surface area contributed by atoms with E-state index >= 15 is 0 Å². The Bertz CT molecular complexity index is 516. The zero-order valence-corrected chi connectivity index (χ0v) is 10.7. The highest BCUT2D eigenvalue weighted by molar-refractivity contribution is 6.30. The van der Waals surface area contributed by atoms with Crippen molar-refractivity contribution in [2.24, 2.45) is 17.3 Å². The number of carboxylic acid groups (broad SMARTS) is 1. The van der Waals surface area contributed by atoms with Gasteiger partial charge in [-0.2, -0.15) is 0 Å². The predicted octanol–water partition coefficient (Wildman–Crippen LogP) is 2.03. The normalized spacial score (nSPS) is 24.4. The number of nitrogens with zero attached hydrogens (tertiary/aromatic N) is 1. The van der Waals surface area contributed by atoms with Gasteiger partial charge in [0, 0.05) is 11.2 Å². The predicted molar refractivity (Wildman–Crippen MR) is 66.3 cm³/mol. The fourth-order valence-corrected chi connectivity index (χ4v) is 2.42. The van der Waals surface area contributed by atoms with Crippen LogP contribution in [0.25, 0.3) is 0 Å². The molecule has 0 radical (unpaired) electrons. The Morgan fingerprint density at radius 2 is 2.11 bits per heavy atom. The Hall–Kier alpha value is -1.62. The quantitative estimate of drug-likeness (QED) is 0.879. The van der Waals surface area contributed by atoms with Gasteiger partial charge in [-0.25, -0.2) is 4.98 Å². The molecule has 0 saturated heterocycles. The second-order valence-corrected chi connectivity index (χ2v) is 5.40. The van der Waals surface area contributed by atoms with Crippen LogP contribution < -0.4 is 5.32 Å². The van der Waals surface area contributed by atoms with Crippen LogP contribution in [0.5, 0.6) is 0 Å². The van der Waals surface area contributed by atoms with Crippen molar-refractivity contribution in [1.29, 1.82) is 0 Å². The maximum absolute atomic E-state index is 12.0. The van der Waals surface area contributed by atoms with Crippen molar-refractivity contribution < 1.29 is 14.7 Å². The lowest BCUT2D eigenvalue weighted by molar-refractivity contribution is -0.140. The zero-order valence-electron chi connectivity index (χ0n) is 9.98. The molecule has 1 heterocycles. The minimum atomic E-state index is -0.945. The number of carbonyl (C=O) groups is 2. The first-order valence-corrected chi connectivity index (χ1v) is 5.87. The summed E-state index contributed by atoms with van der Waals surface area (Å²) >= 11 is 5.77. The third-order valence-corrected chi connectivity index (χ3v) is 3.58. The van der Waals surface area contributed by atoms with Crippen LogP contribution in [0.4, 0.5) is 5.82 Å². The van der Waals surface area contributed by atoms with Gasteiger partial charge in [0.15, 0.2) is 0 Å². The summed E-state index contributed by atoms with van der Waals surface area (Å²) in [6, 6.07) is 3.11. The van der Waals surface area contributed by atoms with E-state index < -0.39 is 23.2 Å². The molecule has 1 aliphatic carbocycles. The summed E-state index contributed by atoms with van der Waals surface area (Å²) in [5.74, 6) is -2.12. The lowest BCUT2D eigenvalue weighted by Gasteiger charge is -2.05. The second kappa shape index (κ2) is 4.24. The third kappa shape index (κ3) is 2.18. The Balaban J connectivity index is 2.08. The molecule has 96 valence electrons. The van der Waals surface area contributed by atoms with E-state index in [2.05, 4.69) is 10.3 Å². The summed E-state index contributed by atoms with van der Waals surface area (Å²) in [4.78, 5) is 26.9. The molecule has 1 fully saturated rings. The van der Waals surface area contributed by atoms with Crippen molar-refractivity contribution in [3.05, 3.63) is 23.4 Å². The Morgan fingerprint density at radius 3 is 2.61 bits per heavy atom. The van der Waals surface area contributed by atoms with Gasteiger partial charge in [0.1, 0.15) is 5.82 Å². The van der Waals surface area contributed by atoms with Crippen molar-refractivity contribution in [2.75, 3.05) is 5.32 Å². The molecule has 0 unspecified atom stereocenters. The maximum Gasteiger partial charge on any atom is 0.307 e. The molecule has 0 bridgehead atoms. The number of rotatable bonds is 3. The van der Waals surface area contributed by atoms with Gasteiger partial charge in [-0.05, 0) is 17.5 Å². The minimum absolute atomic E-state index is 0.331. The largest absolute Gasteiger partial charge is 0.481 e. The maximum atomic E-state index is 12.0. The summed E-state index contributed by atoms with van der Waals surface area (Å²) in [6.07, 6.45) is 1.48. The van der Waals surface area contributed by atoms with Crippen LogP contribution in [0.3, 0.4) is 0 Å². The molecule has 2 atom stereocenters. The van der Waals surface area contributed by atoms with Crippen LogP contribution in [0, 0.1) is 17.3 Å². The van der Waals surface area contributed by atoms with Gasteiger partial charge in [-0.15, -0.1) is 0 Å². The molecular weight excluding hydrogens is 256 g/mol. The molecule has 6 heteroatoms. The summed E-state index contributed by atoms with van der Waals surface area (Å²) in [5, 5.41) is 12.1. The van der Waals surface area contributed by atoms with Gasteiger partial charge in [-0.3, -0.25) is 9.59 Å². The van der Waals surface area contributed by atoms with Crippen molar-refractivity contribution in [2.45, 2.75) is 13.8 Å². The average Bonchev–Trinajstić information content (AvgIpc) is 2.81. The highest BCUT2D eigenvalue weighted by Crippen LogP contribution is 2.58. The number of aliphatic carboxylic acids is 1. The number of anilines is 1. The molecule has 2 N–H and O–H groups in total. The van der Waals surface area contributed by atoms with E-state index in [1.54, 1.807) is 19.9 Å². The smallest absolute Gasteiger partial charge is 0.307 e. The highest BCUT2D eigenvalue weighted by atomic mass is 35.5. The molecule has 0 aromatic carbocycles. The van der Waals surface area contributed by atoms with Gasteiger partial charge < -0.3 is 10.4 Å². The average molecular weight is 269 g/mol. The second-order valence-electron chi connectivity index (χ2n) is 4.96. The fourth-order valence-electron chi connectivity index (χ4n) is 2.27. The lowest BCUT2D eigenvalue weighted by atomic mass is 10.1. The van der Waals surface area contributed by atoms with Gasteiger partial charge >= 0.3 is 5.97 Å². The van der Waals surface area contributed by atoms with E-state index in [1.807, 2.05) is 0 Å². The van der Waals surface area contributed by atoms with Crippen molar-refractivity contribution in [3.63, 3.8) is 0 Å². The Morgan fingerprint density at radius 1 is 1.44 bits per heavy atom. The number of carboxylic acids is 1. The standard InChI is InChI=1S/C12H13ClN2O3/c1-12(2)8(9(12)11(17)18)10(16)15-7-5-6(13)3-4-14-7/h3-5,8-9H,1-2H3,(H,17,18)(H,14,15,16)/t8-,9-/m1/s1. The fraction of sp³-hybridized carbons (Fsp3) is 0.417. The number of halogens is 1. The van der Waals surface area contributed by atoms with Crippen LogP contribution in [0.1, 0.15) is 13.8 Å². The molecule has 1 aliphatic rings. The first-order chi connectivity index (χ1) is 8.34. The minimum Gasteiger partial charge on any atom is -0.481 e. The molecule has 18 heavy (non-hydrogen) atoms. The van der Waals surface area contributed by atoms with Gasteiger partial charge in [0.25, 0.3) is 0 Å². The summed E-state index contributed by atoms with van der Waals surface area (Å²) < 4.78 is 0. The topological polar surface area (TPSA) is 79.3 Å². The van der Waals surface area contributed by atoms with Crippen molar-refractivity contribution >= 4 is 29.3 Å². The van der Waals surface area contributed by atoms with E-state index in [4.69, 9.17) is 16.7 Å². The molecule has 5 nitrogen and oxygen atoms in total. The first kappa shape index (κ1) is 12.8. The summed E-state index contributed by atoms with van der Waals surface area (Å²) in [6.45, 7) is 3.53. The Labute approximate surface area is 109 Å². The van der Waals surface area contributed by atoms with Gasteiger partial charge in [0.05, 0.1) is 11.8 Å². The molecule has 2 rings (SSSR count). The number of pyridine rings is 1. The van der Waals surface area contributed by atoms with Crippen LogP contribution >= 0.6 is 11.6 Å². The summed E-state index contributed by atoms with van der Waals surface area (Å²) in [5.41, 5.74) is -0.519. The molecular formula is C12H13ClN2O3. The van der Waals surface area contributed by atoms with Crippen molar-refractivity contribution in [1.82, 2.24) is 4.98 Å². The van der Waals surface area contributed by atoms with Crippen molar-refractivity contribution in [3.8, 4) is 0 Å². The van der Waals surface area contributed by atoms with Gasteiger partial charge in [-0.1, -0.05) is 25.4 Å².